The first-order valence-electron chi connectivity index (χ1n) is 5.96. The maximum Gasteiger partial charge on any atom is 0.0926 e. The molecule has 3 nitrogen and oxygen atoms in total. The fourth-order valence-corrected chi connectivity index (χ4v) is 2.05. The number of aromatic nitrogens is 1. The number of rotatable bonds is 8. The van der Waals surface area contributed by atoms with Crippen molar-refractivity contribution < 1.29 is 4.74 Å². The van der Waals surface area contributed by atoms with Crippen molar-refractivity contribution >= 4 is 11.3 Å². The summed E-state index contributed by atoms with van der Waals surface area (Å²) in [4.78, 5) is 4.45. The van der Waals surface area contributed by atoms with Gasteiger partial charge in [-0.2, -0.15) is 0 Å². The van der Waals surface area contributed by atoms with Crippen LogP contribution in [0.1, 0.15) is 37.9 Å². The summed E-state index contributed by atoms with van der Waals surface area (Å²) in [6.45, 7) is 8.91. The van der Waals surface area contributed by atoms with Crippen molar-refractivity contribution in [3.05, 3.63) is 16.1 Å². The van der Waals surface area contributed by atoms with E-state index in [0.717, 1.165) is 31.7 Å². The Bertz CT molecular complexity index is 286. The lowest BCUT2D eigenvalue weighted by Crippen LogP contribution is -2.24. The van der Waals surface area contributed by atoms with Crippen LogP contribution in [0.15, 0.2) is 5.38 Å². The average molecular weight is 242 g/mol. The third kappa shape index (κ3) is 5.58. The van der Waals surface area contributed by atoms with Gasteiger partial charge in [0.2, 0.25) is 0 Å². The van der Waals surface area contributed by atoms with E-state index in [1.807, 2.05) is 0 Å². The summed E-state index contributed by atoms with van der Waals surface area (Å²) in [5.41, 5.74) is 1.07. The second-order valence-corrected chi connectivity index (χ2v) is 5.04. The molecular weight excluding hydrogens is 220 g/mol. The molecule has 0 aliphatic rings. The van der Waals surface area contributed by atoms with Crippen molar-refractivity contribution in [2.75, 3.05) is 13.2 Å². The number of hydrogen-bond donors (Lipinski definition) is 1. The van der Waals surface area contributed by atoms with E-state index < -0.39 is 0 Å². The van der Waals surface area contributed by atoms with E-state index in [0.29, 0.717) is 12.6 Å². The topological polar surface area (TPSA) is 34.1 Å². The number of ether oxygens (including phenoxy) is 1. The van der Waals surface area contributed by atoms with E-state index in [1.165, 1.54) is 5.01 Å². The molecule has 0 amide bonds. The fourth-order valence-electron chi connectivity index (χ4n) is 1.32. The smallest absolute Gasteiger partial charge is 0.0926 e. The lowest BCUT2D eigenvalue weighted by Gasteiger charge is -2.07. The van der Waals surface area contributed by atoms with Crippen molar-refractivity contribution in [2.24, 2.45) is 0 Å². The molecule has 0 spiro atoms. The second-order valence-electron chi connectivity index (χ2n) is 4.10. The zero-order valence-electron chi connectivity index (χ0n) is 10.5. The molecule has 16 heavy (non-hydrogen) atoms. The van der Waals surface area contributed by atoms with Gasteiger partial charge in [-0.05, 0) is 19.4 Å². The summed E-state index contributed by atoms with van der Waals surface area (Å²) in [6, 6.07) is 0.561. The molecule has 0 saturated heterocycles. The molecule has 1 rings (SSSR count). The van der Waals surface area contributed by atoms with Crippen LogP contribution in [0, 0.1) is 0 Å². The molecule has 92 valence electrons. The van der Waals surface area contributed by atoms with E-state index in [-0.39, 0.29) is 0 Å². The highest BCUT2D eigenvalue weighted by atomic mass is 32.1. The summed E-state index contributed by atoms with van der Waals surface area (Å²) < 4.78 is 5.56. The van der Waals surface area contributed by atoms with Gasteiger partial charge in [0.15, 0.2) is 0 Å². The number of nitrogens with one attached hydrogen (secondary N) is 1. The summed E-state index contributed by atoms with van der Waals surface area (Å²) >= 11 is 1.72. The van der Waals surface area contributed by atoms with Crippen molar-refractivity contribution in [2.45, 2.75) is 46.3 Å². The van der Waals surface area contributed by atoms with Crippen LogP contribution in [0.2, 0.25) is 0 Å². The van der Waals surface area contributed by atoms with Crippen LogP contribution in [0.25, 0.3) is 0 Å². The predicted octanol–water partition coefficient (Wildman–Crippen LogP) is 2.61. The van der Waals surface area contributed by atoms with Crippen molar-refractivity contribution in [3.63, 3.8) is 0 Å². The second kappa shape index (κ2) is 7.76. The number of thiazole rings is 1. The molecule has 1 aromatic heterocycles. The average Bonchev–Trinajstić information content (AvgIpc) is 2.70. The molecule has 0 fully saturated rings. The highest BCUT2D eigenvalue weighted by molar-refractivity contribution is 7.09. The Morgan fingerprint density at radius 1 is 1.50 bits per heavy atom. The van der Waals surface area contributed by atoms with E-state index in [4.69, 9.17) is 4.74 Å². The van der Waals surface area contributed by atoms with E-state index in [2.05, 4.69) is 36.5 Å². The maximum absolute atomic E-state index is 5.56. The first-order chi connectivity index (χ1) is 7.72. The molecule has 0 radical (unpaired) electrons. The lowest BCUT2D eigenvalue weighted by molar-refractivity contribution is 0.116. The SMILES string of the molecule is CCc1nc(COCCCNC(C)C)cs1. The Labute approximate surface area is 102 Å². The highest BCUT2D eigenvalue weighted by Crippen LogP contribution is 2.10. The van der Waals surface area contributed by atoms with Gasteiger partial charge in [-0.3, -0.25) is 0 Å². The Balaban J connectivity index is 2.02. The van der Waals surface area contributed by atoms with Crippen LogP contribution >= 0.6 is 11.3 Å². The molecule has 0 bridgehead atoms. The van der Waals surface area contributed by atoms with Gasteiger partial charge in [0.25, 0.3) is 0 Å². The Morgan fingerprint density at radius 3 is 2.94 bits per heavy atom. The third-order valence-corrected chi connectivity index (χ3v) is 3.21. The van der Waals surface area contributed by atoms with Crippen LogP contribution in [0.3, 0.4) is 0 Å². The van der Waals surface area contributed by atoms with Crippen molar-refractivity contribution in [1.29, 1.82) is 0 Å². The Hall–Kier alpha value is -0.450. The molecule has 0 aliphatic heterocycles. The van der Waals surface area contributed by atoms with Gasteiger partial charge < -0.3 is 10.1 Å². The normalized spacial score (nSPS) is 11.2. The molecule has 0 unspecified atom stereocenters. The number of hydrogen-bond acceptors (Lipinski definition) is 4. The summed E-state index contributed by atoms with van der Waals surface area (Å²) in [5, 5.41) is 6.65. The van der Waals surface area contributed by atoms with Crippen LogP contribution in [0.5, 0.6) is 0 Å². The monoisotopic (exact) mass is 242 g/mol. The number of nitrogens with zero attached hydrogens (tertiary/aromatic N) is 1. The Morgan fingerprint density at radius 2 is 2.31 bits per heavy atom. The van der Waals surface area contributed by atoms with Gasteiger partial charge in [-0.25, -0.2) is 4.98 Å². The van der Waals surface area contributed by atoms with Gasteiger partial charge in [0.05, 0.1) is 17.3 Å². The summed E-state index contributed by atoms with van der Waals surface area (Å²) in [6.07, 6.45) is 2.08. The first-order valence-corrected chi connectivity index (χ1v) is 6.84. The fraction of sp³-hybridized carbons (Fsp3) is 0.750. The van der Waals surface area contributed by atoms with E-state index >= 15 is 0 Å². The minimum absolute atomic E-state index is 0.561. The molecule has 0 saturated carbocycles. The Kier molecular flexibility index (Phi) is 6.61. The summed E-state index contributed by atoms with van der Waals surface area (Å²) in [7, 11) is 0. The highest BCUT2D eigenvalue weighted by Gasteiger charge is 2.00. The molecule has 4 heteroatoms. The molecule has 1 aromatic rings. The zero-order valence-corrected chi connectivity index (χ0v) is 11.3. The van der Waals surface area contributed by atoms with Crippen LogP contribution in [-0.2, 0) is 17.8 Å². The maximum atomic E-state index is 5.56. The van der Waals surface area contributed by atoms with Gasteiger partial charge in [-0.1, -0.05) is 20.8 Å². The van der Waals surface area contributed by atoms with E-state index in [9.17, 15) is 0 Å². The van der Waals surface area contributed by atoms with Crippen molar-refractivity contribution in [1.82, 2.24) is 10.3 Å². The van der Waals surface area contributed by atoms with Gasteiger partial charge in [-0.15, -0.1) is 11.3 Å². The number of aryl methyl sites for hydroxylation is 1. The standard InChI is InChI=1S/C12H22N2OS/c1-4-12-14-11(9-16-12)8-15-7-5-6-13-10(2)3/h9-10,13H,4-8H2,1-3H3. The van der Waals surface area contributed by atoms with Crippen LogP contribution < -0.4 is 5.32 Å². The predicted molar refractivity (Wildman–Crippen MR) is 68.9 cm³/mol. The van der Waals surface area contributed by atoms with Gasteiger partial charge >= 0.3 is 0 Å². The molecule has 1 heterocycles. The van der Waals surface area contributed by atoms with Crippen LogP contribution in [0.4, 0.5) is 0 Å². The van der Waals surface area contributed by atoms with Gasteiger partial charge in [0.1, 0.15) is 0 Å². The van der Waals surface area contributed by atoms with Crippen molar-refractivity contribution in [3.8, 4) is 0 Å². The molecule has 0 atom stereocenters. The molecule has 0 aliphatic carbocycles. The van der Waals surface area contributed by atoms with E-state index in [1.54, 1.807) is 11.3 Å². The zero-order chi connectivity index (χ0) is 11.8. The third-order valence-electron chi connectivity index (χ3n) is 2.17. The molecule has 1 N–H and O–H groups in total. The largest absolute Gasteiger partial charge is 0.375 e. The minimum Gasteiger partial charge on any atom is -0.375 e. The molecular formula is C12H22N2OS. The van der Waals surface area contributed by atoms with Gasteiger partial charge in [0, 0.05) is 18.0 Å². The van der Waals surface area contributed by atoms with Crippen LogP contribution in [-0.4, -0.2) is 24.2 Å². The first kappa shape index (κ1) is 13.6. The summed E-state index contributed by atoms with van der Waals surface area (Å²) in [5.74, 6) is 0. The molecule has 0 aromatic carbocycles. The minimum atomic E-state index is 0.561. The quantitative estimate of drug-likeness (QED) is 0.712. The lowest BCUT2D eigenvalue weighted by atomic mass is 10.3.